The second kappa shape index (κ2) is 11.5. The molecule has 2 atom stereocenters. The van der Waals surface area contributed by atoms with Crippen molar-refractivity contribution in [2.45, 2.75) is 25.4 Å². The number of urea groups is 1. The van der Waals surface area contributed by atoms with Crippen molar-refractivity contribution in [1.82, 2.24) is 20.9 Å². The van der Waals surface area contributed by atoms with Crippen LogP contribution < -0.4 is 20.7 Å². The Bertz CT molecular complexity index is 889. The van der Waals surface area contributed by atoms with Crippen LogP contribution in [0, 0.1) is 11.7 Å². The quantitative estimate of drug-likeness (QED) is 0.587. The number of ether oxygens (including phenoxy) is 1. The number of nitrogens with zero attached hydrogens (tertiary/aromatic N) is 1. The Hall–Kier alpha value is -3.13. The first-order valence-corrected chi connectivity index (χ1v) is 10.8. The van der Waals surface area contributed by atoms with Crippen LogP contribution in [0.2, 0.25) is 0 Å². The Labute approximate surface area is 188 Å². The number of hydrogen-bond donors (Lipinski definition) is 3. The molecule has 32 heavy (non-hydrogen) atoms. The van der Waals surface area contributed by atoms with E-state index in [1.165, 1.54) is 17.7 Å². The highest BCUT2D eigenvalue weighted by atomic mass is 19.1. The highest BCUT2D eigenvalue weighted by Crippen LogP contribution is 2.35. The Balaban J connectivity index is 1.44. The number of benzene rings is 2. The summed E-state index contributed by atoms with van der Waals surface area (Å²) >= 11 is 0. The smallest absolute Gasteiger partial charge is 0.315 e. The van der Waals surface area contributed by atoms with Gasteiger partial charge in [-0.05, 0) is 67.7 Å². The molecule has 0 radical (unpaired) electrons. The zero-order chi connectivity index (χ0) is 22.9. The Morgan fingerprint density at radius 2 is 1.78 bits per heavy atom. The molecule has 7 nitrogen and oxygen atoms in total. The standard InChI is InChI=1S/C24H31FN4O3/c1-29-13-3-4-19(23(29)18-7-11-21(32-2)12-8-18)15-26-22(30)16-28-24(31)27-14-17-5-9-20(25)10-6-17/h5-12,19,23H,3-4,13-16H2,1-2H3,(H,26,30)(H2,27,28,31). The van der Waals surface area contributed by atoms with Gasteiger partial charge in [-0.25, -0.2) is 9.18 Å². The Morgan fingerprint density at radius 1 is 1.06 bits per heavy atom. The molecule has 0 saturated carbocycles. The molecule has 0 aliphatic carbocycles. The van der Waals surface area contributed by atoms with Gasteiger partial charge in [0.15, 0.2) is 0 Å². The summed E-state index contributed by atoms with van der Waals surface area (Å²) in [6, 6.07) is 13.7. The fourth-order valence-corrected chi connectivity index (χ4v) is 4.12. The predicted octanol–water partition coefficient (Wildman–Crippen LogP) is 2.83. The number of likely N-dealkylation sites (tertiary alicyclic amines) is 1. The van der Waals surface area contributed by atoms with E-state index in [9.17, 15) is 14.0 Å². The third-order valence-corrected chi connectivity index (χ3v) is 5.80. The first-order valence-electron chi connectivity index (χ1n) is 10.8. The van der Waals surface area contributed by atoms with Crippen LogP contribution in [0.15, 0.2) is 48.5 Å². The third kappa shape index (κ3) is 6.68. The Kier molecular flexibility index (Phi) is 8.44. The zero-order valence-corrected chi connectivity index (χ0v) is 18.6. The highest BCUT2D eigenvalue weighted by molar-refractivity contribution is 5.83. The first kappa shape index (κ1) is 23.5. The molecule has 2 aromatic rings. The van der Waals surface area contributed by atoms with Gasteiger partial charge in [-0.3, -0.25) is 9.69 Å². The molecular formula is C24H31FN4O3. The van der Waals surface area contributed by atoms with Gasteiger partial charge in [0.1, 0.15) is 11.6 Å². The molecule has 1 aliphatic heterocycles. The minimum atomic E-state index is -0.446. The molecular weight excluding hydrogens is 411 g/mol. The molecule has 3 rings (SSSR count). The maximum absolute atomic E-state index is 12.9. The van der Waals surface area contributed by atoms with Gasteiger partial charge in [0.25, 0.3) is 0 Å². The molecule has 1 heterocycles. The van der Waals surface area contributed by atoms with Crippen LogP contribution in [0.4, 0.5) is 9.18 Å². The predicted molar refractivity (Wildman–Crippen MR) is 121 cm³/mol. The van der Waals surface area contributed by atoms with Crippen molar-refractivity contribution in [2.24, 2.45) is 5.92 Å². The summed E-state index contributed by atoms with van der Waals surface area (Å²) in [5, 5.41) is 8.17. The average molecular weight is 443 g/mol. The van der Waals surface area contributed by atoms with Crippen LogP contribution in [0.25, 0.3) is 0 Å². The summed E-state index contributed by atoms with van der Waals surface area (Å²) < 4.78 is 18.2. The van der Waals surface area contributed by atoms with Crippen LogP contribution in [0.3, 0.4) is 0 Å². The second-order valence-corrected chi connectivity index (χ2v) is 8.07. The normalized spacial score (nSPS) is 18.6. The van der Waals surface area contributed by atoms with Gasteiger partial charge in [0.05, 0.1) is 13.7 Å². The van der Waals surface area contributed by atoms with Gasteiger partial charge in [0, 0.05) is 19.1 Å². The van der Waals surface area contributed by atoms with E-state index in [-0.39, 0.29) is 36.8 Å². The maximum Gasteiger partial charge on any atom is 0.315 e. The van der Waals surface area contributed by atoms with Crippen molar-refractivity contribution in [1.29, 1.82) is 0 Å². The van der Waals surface area contributed by atoms with Crippen LogP contribution in [0.5, 0.6) is 5.75 Å². The van der Waals surface area contributed by atoms with E-state index in [2.05, 4.69) is 40.0 Å². The van der Waals surface area contributed by atoms with E-state index < -0.39 is 6.03 Å². The fourth-order valence-electron chi connectivity index (χ4n) is 4.12. The summed E-state index contributed by atoms with van der Waals surface area (Å²) in [5.74, 6) is 0.538. The van der Waals surface area contributed by atoms with E-state index in [0.29, 0.717) is 6.54 Å². The van der Waals surface area contributed by atoms with E-state index >= 15 is 0 Å². The van der Waals surface area contributed by atoms with E-state index in [4.69, 9.17) is 4.74 Å². The molecule has 0 spiro atoms. The summed E-state index contributed by atoms with van der Waals surface area (Å²) in [7, 11) is 3.76. The van der Waals surface area contributed by atoms with Crippen LogP contribution in [0.1, 0.15) is 30.0 Å². The lowest BCUT2D eigenvalue weighted by Crippen LogP contribution is -2.45. The molecule has 2 aromatic carbocycles. The van der Waals surface area contributed by atoms with Gasteiger partial charge in [-0.2, -0.15) is 0 Å². The van der Waals surface area contributed by atoms with Gasteiger partial charge in [-0.15, -0.1) is 0 Å². The minimum Gasteiger partial charge on any atom is -0.497 e. The average Bonchev–Trinajstić information content (AvgIpc) is 2.81. The van der Waals surface area contributed by atoms with Crippen molar-refractivity contribution in [3.05, 3.63) is 65.5 Å². The Morgan fingerprint density at radius 3 is 2.47 bits per heavy atom. The largest absolute Gasteiger partial charge is 0.497 e. The lowest BCUT2D eigenvalue weighted by Gasteiger charge is -2.39. The second-order valence-electron chi connectivity index (χ2n) is 8.07. The number of nitrogens with one attached hydrogen (secondary N) is 3. The first-order chi connectivity index (χ1) is 15.5. The van der Waals surface area contributed by atoms with Crippen molar-refractivity contribution < 1.29 is 18.7 Å². The van der Waals surface area contributed by atoms with Crippen LogP contribution in [-0.4, -0.2) is 50.6 Å². The number of amides is 3. The number of methoxy groups -OCH3 is 1. The third-order valence-electron chi connectivity index (χ3n) is 5.80. The van der Waals surface area contributed by atoms with Crippen LogP contribution in [-0.2, 0) is 11.3 Å². The van der Waals surface area contributed by atoms with Gasteiger partial charge < -0.3 is 20.7 Å². The molecule has 2 unspecified atom stereocenters. The molecule has 1 saturated heterocycles. The number of rotatable bonds is 8. The monoisotopic (exact) mass is 442 g/mol. The molecule has 3 amide bonds. The number of piperidine rings is 1. The van der Waals surface area contributed by atoms with Crippen molar-refractivity contribution in [2.75, 3.05) is 33.8 Å². The highest BCUT2D eigenvalue weighted by Gasteiger charge is 2.30. The van der Waals surface area contributed by atoms with Crippen molar-refractivity contribution >= 4 is 11.9 Å². The van der Waals surface area contributed by atoms with Crippen molar-refractivity contribution in [3.8, 4) is 5.75 Å². The van der Waals surface area contributed by atoms with Gasteiger partial charge >= 0.3 is 6.03 Å². The lowest BCUT2D eigenvalue weighted by molar-refractivity contribution is -0.120. The minimum absolute atomic E-state index is 0.106. The SMILES string of the molecule is COc1ccc(C2C(CNC(=O)CNC(=O)NCc3ccc(F)cc3)CCCN2C)cc1. The molecule has 172 valence electrons. The molecule has 3 N–H and O–H groups in total. The van der Waals surface area contributed by atoms with E-state index in [1.807, 2.05) is 12.1 Å². The van der Waals surface area contributed by atoms with Gasteiger partial charge in [-0.1, -0.05) is 24.3 Å². The van der Waals surface area contributed by atoms with Gasteiger partial charge in [0.2, 0.25) is 5.91 Å². The number of carbonyl (C=O) groups excluding carboxylic acids is 2. The lowest BCUT2D eigenvalue weighted by atomic mass is 9.85. The molecule has 0 bridgehead atoms. The topological polar surface area (TPSA) is 82.7 Å². The summed E-state index contributed by atoms with van der Waals surface area (Å²) in [6.07, 6.45) is 2.10. The molecule has 0 aromatic heterocycles. The molecule has 1 fully saturated rings. The molecule has 1 aliphatic rings. The maximum atomic E-state index is 12.9. The number of hydrogen-bond acceptors (Lipinski definition) is 4. The van der Waals surface area contributed by atoms with Crippen molar-refractivity contribution in [3.63, 3.8) is 0 Å². The van der Waals surface area contributed by atoms with E-state index in [1.54, 1.807) is 19.2 Å². The summed E-state index contributed by atoms with van der Waals surface area (Å²) in [5.41, 5.74) is 1.97. The number of carbonyl (C=O) groups is 2. The molecule has 8 heteroatoms. The fraction of sp³-hybridized carbons (Fsp3) is 0.417. The van der Waals surface area contributed by atoms with E-state index in [0.717, 1.165) is 30.7 Å². The zero-order valence-electron chi connectivity index (χ0n) is 18.6. The summed E-state index contributed by atoms with van der Waals surface area (Å²) in [6.45, 7) is 1.70. The number of halogens is 1. The summed E-state index contributed by atoms with van der Waals surface area (Å²) in [4.78, 5) is 26.5. The van der Waals surface area contributed by atoms with Crippen LogP contribution >= 0.6 is 0 Å².